The minimum Gasteiger partial charge on any atom is -0.396 e. The first-order chi connectivity index (χ1) is 8.11. The van der Waals surface area contributed by atoms with Crippen LogP contribution in [-0.4, -0.2) is 11.7 Å². The van der Waals surface area contributed by atoms with Gasteiger partial charge in [-0.2, -0.15) is 0 Å². The fraction of sp³-hybridized carbons (Fsp3) is 1.00. The van der Waals surface area contributed by atoms with E-state index >= 15 is 0 Å². The second-order valence-electron chi connectivity index (χ2n) is 7.79. The van der Waals surface area contributed by atoms with Crippen LogP contribution in [0.1, 0.15) is 58.8 Å². The van der Waals surface area contributed by atoms with E-state index in [1.807, 2.05) is 0 Å². The summed E-state index contributed by atoms with van der Waals surface area (Å²) in [5.41, 5.74) is 0.549. The third kappa shape index (κ3) is 2.05. The lowest BCUT2D eigenvalue weighted by molar-refractivity contribution is -0.102. The highest BCUT2D eigenvalue weighted by Gasteiger charge is 2.53. The molecule has 0 radical (unpaired) electrons. The van der Waals surface area contributed by atoms with Crippen molar-refractivity contribution in [2.24, 2.45) is 35.0 Å². The molecular formula is C16H28O. The van der Waals surface area contributed by atoms with Crippen molar-refractivity contribution < 1.29 is 5.11 Å². The van der Waals surface area contributed by atoms with Crippen LogP contribution >= 0.6 is 0 Å². The molecule has 4 aliphatic carbocycles. The van der Waals surface area contributed by atoms with Crippen molar-refractivity contribution in [3.05, 3.63) is 0 Å². The summed E-state index contributed by atoms with van der Waals surface area (Å²) in [7, 11) is 0. The van der Waals surface area contributed by atoms with E-state index in [2.05, 4.69) is 13.8 Å². The maximum atomic E-state index is 9.83. The SMILES string of the molecule is CC(C)CC(CO)C12CC3CC(CC(C3)C1)C2. The Morgan fingerprint density at radius 2 is 1.47 bits per heavy atom. The average Bonchev–Trinajstić information content (AvgIpc) is 2.23. The first kappa shape index (κ1) is 12.0. The molecule has 0 aromatic rings. The van der Waals surface area contributed by atoms with Crippen LogP contribution in [0.4, 0.5) is 0 Å². The second kappa shape index (κ2) is 4.26. The van der Waals surface area contributed by atoms with E-state index < -0.39 is 0 Å². The van der Waals surface area contributed by atoms with E-state index in [4.69, 9.17) is 0 Å². The molecule has 4 aliphatic rings. The van der Waals surface area contributed by atoms with E-state index in [9.17, 15) is 5.11 Å². The summed E-state index contributed by atoms with van der Waals surface area (Å²) < 4.78 is 0. The van der Waals surface area contributed by atoms with Gasteiger partial charge in [-0.1, -0.05) is 13.8 Å². The predicted molar refractivity (Wildman–Crippen MR) is 70.6 cm³/mol. The van der Waals surface area contributed by atoms with E-state index in [0.717, 1.165) is 23.7 Å². The third-order valence-electron chi connectivity index (χ3n) is 5.93. The molecule has 4 saturated carbocycles. The Bertz CT molecular complexity index is 246. The Balaban J connectivity index is 1.80. The van der Waals surface area contributed by atoms with Crippen LogP contribution in [0, 0.1) is 35.0 Å². The lowest BCUT2D eigenvalue weighted by atomic mass is 9.46. The summed E-state index contributed by atoms with van der Waals surface area (Å²) >= 11 is 0. The van der Waals surface area contributed by atoms with Gasteiger partial charge in [-0.3, -0.25) is 0 Å². The summed E-state index contributed by atoms with van der Waals surface area (Å²) in [6.45, 7) is 5.05. The quantitative estimate of drug-likeness (QED) is 0.786. The highest BCUT2D eigenvalue weighted by molar-refractivity contribution is 5.03. The maximum Gasteiger partial charge on any atom is 0.0464 e. The summed E-state index contributed by atoms with van der Waals surface area (Å²) in [5, 5.41) is 9.83. The maximum absolute atomic E-state index is 9.83. The zero-order chi connectivity index (χ0) is 12.0. The third-order valence-corrected chi connectivity index (χ3v) is 5.93. The molecule has 0 saturated heterocycles. The minimum absolute atomic E-state index is 0.435. The van der Waals surface area contributed by atoms with Gasteiger partial charge in [0.1, 0.15) is 0 Å². The summed E-state index contributed by atoms with van der Waals surface area (Å²) in [5.74, 6) is 4.38. The van der Waals surface area contributed by atoms with Crippen LogP contribution in [0.5, 0.6) is 0 Å². The summed E-state index contributed by atoms with van der Waals surface area (Å²) in [6.07, 6.45) is 10.1. The predicted octanol–water partition coefficient (Wildman–Crippen LogP) is 3.86. The zero-order valence-electron chi connectivity index (χ0n) is 11.5. The molecule has 98 valence electrons. The van der Waals surface area contributed by atoms with Gasteiger partial charge in [0, 0.05) is 6.61 Å². The number of hydrogen-bond acceptors (Lipinski definition) is 1. The first-order valence-corrected chi connectivity index (χ1v) is 7.72. The van der Waals surface area contributed by atoms with Crippen molar-refractivity contribution in [2.45, 2.75) is 58.8 Å². The van der Waals surface area contributed by atoms with Gasteiger partial charge in [-0.05, 0) is 80.0 Å². The Hall–Kier alpha value is -0.0400. The van der Waals surface area contributed by atoms with E-state index in [1.165, 1.54) is 44.9 Å². The molecule has 0 spiro atoms. The first-order valence-electron chi connectivity index (χ1n) is 7.72. The molecule has 4 rings (SSSR count). The topological polar surface area (TPSA) is 20.2 Å². The molecule has 1 N–H and O–H groups in total. The van der Waals surface area contributed by atoms with Gasteiger partial charge in [0.25, 0.3) is 0 Å². The monoisotopic (exact) mass is 236 g/mol. The van der Waals surface area contributed by atoms with Gasteiger partial charge >= 0.3 is 0 Å². The van der Waals surface area contributed by atoms with Gasteiger partial charge in [0.05, 0.1) is 0 Å². The van der Waals surface area contributed by atoms with Crippen LogP contribution in [0.2, 0.25) is 0 Å². The van der Waals surface area contributed by atoms with Crippen LogP contribution in [0.25, 0.3) is 0 Å². The molecular weight excluding hydrogens is 208 g/mol. The van der Waals surface area contributed by atoms with E-state index in [-0.39, 0.29) is 0 Å². The van der Waals surface area contributed by atoms with Gasteiger partial charge < -0.3 is 5.11 Å². The molecule has 1 heteroatoms. The molecule has 17 heavy (non-hydrogen) atoms. The molecule has 1 unspecified atom stereocenters. The van der Waals surface area contributed by atoms with Crippen LogP contribution in [0.15, 0.2) is 0 Å². The highest BCUT2D eigenvalue weighted by Crippen LogP contribution is 2.63. The van der Waals surface area contributed by atoms with Crippen molar-refractivity contribution >= 4 is 0 Å². The number of aliphatic hydroxyl groups excluding tert-OH is 1. The molecule has 1 nitrogen and oxygen atoms in total. The number of hydrogen-bond donors (Lipinski definition) is 1. The molecule has 0 aliphatic heterocycles. The van der Waals surface area contributed by atoms with Crippen molar-refractivity contribution in [2.75, 3.05) is 6.61 Å². The fourth-order valence-electron chi connectivity index (χ4n) is 5.76. The smallest absolute Gasteiger partial charge is 0.0464 e. The van der Waals surface area contributed by atoms with Crippen molar-refractivity contribution in [1.29, 1.82) is 0 Å². The Morgan fingerprint density at radius 3 is 1.82 bits per heavy atom. The summed E-state index contributed by atoms with van der Waals surface area (Å²) in [6, 6.07) is 0. The summed E-state index contributed by atoms with van der Waals surface area (Å²) in [4.78, 5) is 0. The molecule has 4 bridgehead atoms. The van der Waals surface area contributed by atoms with Crippen molar-refractivity contribution in [3.8, 4) is 0 Å². The van der Waals surface area contributed by atoms with Crippen LogP contribution < -0.4 is 0 Å². The molecule has 4 fully saturated rings. The molecule has 0 aromatic heterocycles. The number of rotatable bonds is 4. The van der Waals surface area contributed by atoms with E-state index in [1.54, 1.807) is 0 Å². The average molecular weight is 236 g/mol. The highest BCUT2D eigenvalue weighted by atomic mass is 16.3. The Labute approximate surface area is 106 Å². The van der Waals surface area contributed by atoms with Gasteiger partial charge in [0.15, 0.2) is 0 Å². The van der Waals surface area contributed by atoms with Gasteiger partial charge in [-0.25, -0.2) is 0 Å². The van der Waals surface area contributed by atoms with Crippen molar-refractivity contribution in [1.82, 2.24) is 0 Å². The molecule has 0 amide bonds. The van der Waals surface area contributed by atoms with Crippen LogP contribution in [0.3, 0.4) is 0 Å². The van der Waals surface area contributed by atoms with E-state index in [0.29, 0.717) is 17.9 Å². The Morgan fingerprint density at radius 1 is 1.00 bits per heavy atom. The van der Waals surface area contributed by atoms with Gasteiger partial charge in [-0.15, -0.1) is 0 Å². The second-order valence-corrected chi connectivity index (χ2v) is 7.79. The standard InChI is InChI=1S/C16H28O/c1-11(2)3-15(10-17)16-7-12-4-13(8-16)6-14(5-12)9-16/h11-15,17H,3-10H2,1-2H3. The normalized spacial score (nSPS) is 45.5. The van der Waals surface area contributed by atoms with Crippen LogP contribution in [-0.2, 0) is 0 Å². The fourth-order valence-corrected chi connectivity index (χ4v) is 5.76. The lowest BCUT2D eigenvalue weighted by Crippen LogP contribution is -2.50. The van der Waals surface area contributed by atoms with Crippen molar-refractivity contribution in [3.63, 3.8) is 0 Å². The molecule has 0 heterocycles. The molecule has 0 aromatic carbocycles. The largest absolute Gasteiger partial charge is 0.396 e. The Kier molecular flexibility index (Phi) is 3.01. The number of aliphatic hydroxyl groups is 1. The molecule has 1 atom stereocenters. The van der Waals surface area contributed by atoms with Gasteiger partial charge in [0.2, 0.25) is 0 Å². The zero-order valence-corrected chi connectivity index (χ0v) is 11.5. The lowest BCUT2D eigenvalue weighted by Gasteiger charge is -2.59. The minimum atomic E-state index is 0.435.